The van der Waals surface area contributed by atoms with E-state index in [9.17, 15) is 4.79 Å². The summed E-state index contributed by atoms with van der Waals surface area (Å²) in [6.07, 6.45) is 2.21. The van der Waals surface area contributed by atoms with Crippen molar-refractivity contribution < 1.29 is 4.79 Å². The fraction of sp³-hybridized carbons (Fsp3) is 0.333. The minimum atomic E-state index is 0.0521. The molecular weight excluding hydrogens is 234 g/mol. The lowest BCUT2D eigenvalue weighted by atomic mass is 10.3. The summed E-state index contributed by atoms with van der Waals surface area (Å²) in [5, 5.41) is 9.04. The summed E-state index contributed by atoms with van der Waals surface area (Å²) in [6, 6.07) is 5.86. The topological polar surface area (TPSA) is 46.9 Å². The van der Waals surface area contributed by atoms with Gasteiger partial charge in [-0.2, -0.15) is 5.10 Å². The molecule has 0 radical (unpaired) electrons. The standard InChI is InChI=1S/C12H15N3OS/c1-2-15-10(5-6-14-15)9-13-12(16)8-11-4-3-7-17-11/h3-7H,2,8-9H2,1H3,(H,13,16). The molecular formula is C12H15N3OS. The zero-order valence-corrected chi connectivity index (χ0v) is 10.5. The van der Waals surface area contributed by atoms with Crippen molar-refractivity contribution in [1.82, 2.24) is 15.1 Å². The maximum Gasteiger partial charge on any atom is 0.225 e. The second-order valence-corrected chi connectivity index (χ2v) is 4.70. The van der Waals surface area contributed by atoms with Crippen LogP contribution >= 0.6 is 11.3 Å². The van der Waals surface area contributed by atoms with Gasteiger partial charge in [0.25, 0.3) is 0 Å². The molecule has 0 atom stereocenters. The number of thiophene rings is 1. The van der Waals surface area contributed by atoms with Crippen molar-refractivity contribution in [2.45, 2.75) is 26.4 Å². The third kappa shape index (κ3) is 3.17. The molecule has 0 saturated carbocycles. The summed E-state index contributed by atoms with van der Waals surface area (Å²) in [6.45, 7) is 3.39. The lowest BCUT2D eigenvalue weighted by Crippen LogP contribution is -2.25. The van der Waals surface area contributed by atoms with E-state index in [1.807, 2.05) is 35.2 Å². The molecule has 0 aliphatic rings. The summed E-state index contributed by atoms with van der Waals surface area (Å²) in [7, 11) is 0. The maximum absolute atomic E-state index is 11.7. The van der Waals surface area contributed by atoms with Crippen LogP contribution in [0.1, 0.15) is 17.5 Å². The monoisotopic (exact) mass is 249 g/mol. The summed E-state index contributed by atoms with van der Waals surface area (Å²) < 4.78 is 1.88. The van der Waals surface area contributed by atoms with Crippen LogP contribution in [-0.4, -0.2) is 15.7 Å². The Hall–Kier alpha value is -1.62. The fourth-order valence-electron chi connectivity index (χ4n) is 1.62. The first-order valence-corrected chi connectivity index (χ1v) is 6.47. The van der Waals surface area contributed by atoms with Gasteiger partial charge in [-0.1, -0.05) is 6.07 Å². The summed E-state index contributed by atoms with van der Waals surface area (Å²) in [4.78, 5) is 12.8. The van der Waals surface area contributed by atoms with Gasteiger partial charge in [0.05, 0.1) is 18.7 Å². The lowest BCUT2D eigenvalue weighted by Gasteiger charge is -2.06. The molecule has 2 aromatic heterocycles. The van der Waals surface area contributed by atoms with Gasteiger partial charge < -0.3 is 5.32 Å². The van der Waals surface area contributed by atoms with E-state index in [0.29, 0.717) is 13.0 Å². The first-order valence-electron chi connectivity index (χ1n) is 5.59. The summed E-state index contributed by atoms with van der Waals surface area (Å²) in [5.74, 6) is 0.0521. The van der Waals surface area contributed by atoms with Crippen LogP contribution in [0.3, 0.4) is 0 Å². The van der Waals surface area contributed by atoms with Gasteiger partial charge in [-0.3, -0.25) is 9.48 Å². The SMILES string of the molecule is CCn1nccc1CNC(=O)Cc1cccs1. The van der Waals surface area contributed by atoms with Crippen molar-refractivity contribution >= 4 is 17.2 Å². The van der Waals surface area contributed by atoms with Crippen molar-refractivity contribution in [1.29, 1.82) is 0 Å². The number of aryl methyl sites for hydroxylation is 1. The van der Waals surface area contributed by atoms with E-state index in [1.54, 1.807) is 17.5 Å². The van der Waals surface area contributed by atoms with E-state index in [1.165, 1.54) is 0 Å². The zero-order chi connectivity index (χ0) is 12.1. The van der Waals surface area contributed by atoms with E-state index in [0.717, 1.165) is 17.1 Å². The molecule has 17 heavy (non-hydrogen) atoms. The van der Waals surface area contributed by atoms with E-state index >= 15 is 0 Å². The highest BCUT2D eigenvalue weighted by Gasteiger charge is 2.06. The van der Waals surface area contributed by atoms with Crippen molar-refractivity contribution in [2.75, 3.05) is 0 Å². The minimum absolute atomic E-state index is 0.0521. The third-order valence-corrected chi connectivity index (χ3v) is 3.36. The molecule has 1 N–H and O–H groups in total. The van der Waals surface area contributed by atoms with Crippen LogP contribution in [0.25, 0.3) is 0 Å². The molecule has 0 unspecified atom stereocenters. The molecule has 1 amide bonds. The molecule has 0 bridgehead atoms. The predicted octanol–water partition coefficient (Wildman–Crippen LogP) is 1.82. The maximum atomic E-state index is 11.7. The molecule has 0 aliphatic heterocycles. The molecule has 5 heteroatoms. The first-order chi connectivity index (χ1) is 8.29. The van der Waals surface area contributed by atoms with Gasteiger partial charge in [0.15, 0.2) is 0 Å². The van der Waals surface area contributed by atoms with Gasteiger partial charge in [-0.15, -0.1) is 11.3 Å². The zero-order valence-electron chi connectivity index (χ0n) is 9.72. The molecule has 0 fully saturated rings. The van der Waals surface area contributed by atoms with Gasteiger partial charge in [-0.25, -0.2) is 0 Å². The molecule has 0 aromatic carbocycles. The Labute approximate surface area is 104 Å². The number of hydrogen-bond acceptors (Lipinski definition) is 3. The van der Waals surface area contributed by atoms with Gasteiger partial charge in [0.1, 0.15) is 0 Å². The Morgan fingerprint density at radius 3 is 3.12 bits per heavy atom. The van der Waals surface area contributed by atoms with Gasteiger partial charge in [0.2, 0.25) is 5.91 Å². The smallest absolute Gasteiger partial charge is 0.225 e. The van der Waals surface area contributed by atoms with Crippen LogP contribution < -0.4 is 5.32 Å². The van der Waals surface area contributed by atoms with Crippen molar-refractivity contribution in [3.63, 3.8) is 0 Å². The van der Waals surface area contributed by atoms with Gasteiger partial charge >= 0.3 is 0 Å². The fourth-order valence-corrected chi connectivity index (χ4v) is 2.32. The predicted molar refractivity (Wildman–Crippen MR) is 67.8 cm³/mol. The van der Waals surface area contributed by atoms with Crippen LogP contribution in [-0.2, 0) is 24.3 Å². The molecule has 0 saturated heterocycles. The molecule has 2 heterocycles. The summed E-state index contributed by atoms with van der Waals surface area (Å²) in [5.41, 5.74) is 1.03. The second kappa shape index (κ2) is 5.63. The Kier molecular flexibility index (Phi) is 3.93. The minimum Gasteiger partial charge on any atom is -0.350 e. The highest BCUT2D eigenvalue weighted by Crippen LogP contribution is 2.08. The molecule has 90 valence electrons. The molecule has 0 aliphatic carbocycles. The van der Waals surface area contributed by atoms with E-state index in [4.69, 9.17) is 0 Å². The van der Waals surface area contributed by atoms with Crippen LogP contribution in [0.5, 0.6) is 0 Å². The van der Waals surface area contributed by atoms with Crippen molar-refractivity contribution in [3.8, 4) is 0 Å². The number of nitrogens with one attached hydrogen (secondary N) is 1. The number of carbonyl (C=O) groups is 1. The number of carbonyl (C=O) groups excluding carboxylic acids is 1. The first kappa shape index (κ1) is 11.9. The number of amides is 1. The van der Waals surface area contributed by atoms with Crippen LogP contribution in [0.2, 0.25) is 0 Å². The average Bonchev–Trinajstić information content (AvgIpc) is 2.96. The number of hydrogen-bond donors (Lipinski definition) is 1. The lowest BCUT2D eigenvalue weighted by molar-refractivity contribution is -0.120. The Balaban J connectivity index is 1.84. The largest absolute Gasteiger partial charge is 0.350 e. The molecule has 4 nitrogen and oxygen atoms in total. The number of aromatic nitrogens is 2. The molecule has 2 rings (SSSR count). The van der Waals surface area contributed by atoms with Crippen molar-refractivity contribution in [2.24, 2.45) is 0 Å². The van der Waals surface area contributed by atoms with Gasteiger partial charge in [0, 0.05) is 17.6 Å². The van der Waals surface area contributed by atoms with E-state index in [2.05, 4.69) is 10.4 Å². The van der Waals surface area contributed by atoms with E-state index < -0.39 is 0 Å². The van der Waals surface area contributed by atoms with E-state index in [-0.39, 0.29) is 5.91 Å². The Bertz CT molecular complexity index is 476. The molecule has 2 aromatic rings. The van der Waals surface area contributed by atoms with Gasteiger partial charge in [-0.05, 0) is 24.4 Å². The average molecular weight is 249 g/mol. The van der Waals surface area contributed by atoms with Crippen LogP contribution in [0, 0.1) is 0 Å². The Morgan fingerprint density at radius 2 is 2.41 bits per heavy atom. The highest BCUT2D eigenvalue weighted by atomic mass is 32.1. The van der Waals surface area contributed by atoms with Crippen LogP contribution in [0.4, 0.5) is 0 Å². The second-order valence-electron chi connectivity index (χ2n) is 3.67. The van der Waals surface area contributed by atoms with Crippen molar-refractivity contribution in [3.05, 3.63) is 40.3 Å². The van der Waals surface area contributed by atoms with Crippen LogP contribution in [0.15, 0.2) is 29.8 Å². The highest BCUT2D eigenvalue weighted by molar-refractivity contribution is 7.10. The number of nitrogens with zero attached hydrogens (tertiary/aromatic N) is 2. The Morgan fingerprint density at radius 1 is 1.53 bits per heavy atom. The normalized spacial score (nSPS) is 10.4. The summed E-state index contributed by atoms with van der Waals surface area (Å²) >= 11 is 1.60. The molecule has 0 spiro atoms. The third-order valence-electron chi connectivity index (χ3n) is 2.49. The number of rotatable bonds is 5. The quantitative estimate of drug-likeness (QED) is 0.878.